The van der Waals surface area contributed by atoms with Crippen molar-refractivity contribution < 1.29 is 9.18 Å². The van der Waals surface area contributed by atoms with Gasteiger partial charge in [-0.25, -0.2) is 9.97 Å². The topological polar surface area (TPSA) is 80.9 Å². The molecule has 0 aliphatic carbocycles. The van der Waals surface area contributed by atoms with Crippen molar-refractivity contribution in [1.82, 2.24) is 15.3 Å². The molecule has 3 rings (SSSR count). The number of rotatable bonds is 5. The molecule has 3 N–H and O–H groups in total. The Morgan fingerprint density at radius 3 is 2.54 bits per heavy atom. The Balaban J connectivity index is 1.86. The number of carbonyl (C=O) groups is 1. The summed E-state index contributed by atoms with van der Waals surface area (Å²) in [4.78, 5) is 20.8. The number of nitrogens with two attached hydrogens (primary N) is 1. The first-order valence-corrected chi connectivity index (χ1v) is 9.19. The minimum absolute atomic E-state index is 0.210. The molecule has 0 saturated heterocycles. The van der Waals surface area contributed by atoms with Crippen LogP contribution in [0, 0.1) is 12.9 Å². The van der Waals surface area contributed by atoms with Crippen molar-refractivity contribution in [2.24, 2.45) is 5.73 Å². The van der Waals surface area contributed by atoms with E-state index < -0.39 is 5.95 Å². The molecule has 0 spiro atoms. The zero-order valence-electron chi connectivity index (χ0n) is 15.0. The van der Waals surface area contributed by atoms with Gasteiger partial charge < -0.3 is 11.1 Å². The number of nitrogens with one attached hydrogen (secondary N) is 1. The molecule has 0 bridgehead atoms. The molecule has 144 valence electrons. The van der Waals surface area contributed by atoms with Crippen molar-refractivity contribution in [3.05, 3.63) is 81.0 Å². The second-order valence-corrected chi connectivity index (χ2v) is 6.96. The molecule has 0 saturated carbocycles. The van der Waals surface area contributed by atoms with Crippen LogP contribution in [0.3, 0.4) is 0 Å². The minimum atomic E-state index is -0.573. The largest absolute Gasteiger partial charge is 0.347 e. The van der Waals surface area contributed by atoms with Gasteiger partial charge in [-0.1, -0.05) is 29.3 Å². The normalized spacial score (nSPS) is 10.8. The van der Waals surface area contributed by atoms with E-state index in [1.54, 1.807) is 43.3 Å². The quantitative estimate of drug-likeness (QED) is 0.605. The fourth-order valence-corrected chi connectivity index (χ4v) is 3.00. The first kappa shape index (κ1) is 20.2. The van der Waals surface area contributed by atoms with Gasteiger partial charge in [0, 0.05) is 24.3 Å². The third-order valence-electron chi connectivity index (χ3n) is 4.12. The predicted molar refractivity (Wildman–Crippen MR) is 108 cm³/mol. The average molecular weight is 419 g/mol. The Labute approximate surface area is 171 Å². The van der Waals surface area contributed by atoms with Gasteiger partial charge in [0.05, 0.1) is 15.7 Å². The molecule has 0 fully saturated rings. The molecule has 0 aliphatic rings. The number of hydrogen-bond donors (Lipinski definition) is 2. The number of carbonyl (C=O) groups excluding carboxylic acids is 1. The highest BCUT2D eigenvalue weighted by Gasteiger charge is 2.14. The van der Waals surface area contributed by atoms with Crippen LogP contribution in [-0.2, 0) is 13.1 Å². The number of benzene rings is 1. The van der Waals surface area contributed by atoms with Crippen LogP contribution in [0.15, 0.2) is 42.5 Å². The van der Waals surface area contributed by atoms with Gasteiger partial charge >= 0.3 is 0 Å². The third-order valence-corrected chi connectivity index (χ3v) is 4.86. The van der Waals surface area contributed by atoms with Crippen molar-refractivity contribution in [2.45, 2.75) is 20.0 Å². The maximum atomic E-state index is 13.3. The first-order chi connectivity index (χ1) is 13.4. The molecule has 2 aromatic heterocycles. The van der Waals surface area contributed by atoms with E-state index in [9.17, 15) is 9.18 Å². The average Bonchev–Trinajstić information content (AvgIpc) is 2.68. The maximum Gasteiger partial charge on any atom is 0.270 e. The Morgan fingerprint density at radius 2 is 1.86 bits per heavy atom. The van der Waals surface area contributed by atoms with E-state index >= 15 is 0 Å². The molecule has 28 heavy (non-hydrogen) atoms. The summed E-state index contributed by atoms with van der Waals surface area (Å²) in [6.07, 6.45) is 0. The molecule has 1 aromatic carbocycles. The van der Waals surface area contributed by atoms with Crippen LogP contribution in [-0.4, -0.2) is 15.9 Å². The number of pyridine rings is 2. The van der Waals surface area contributed by atoms with Gasteiger partial charge in [-0.05, 0) is 54.4 Å². The van der Waals surface area contributed by atoms with Crippen LogP contribution >= 0.6 is 23.2 Å². The lowest BCUT2D eigenvalue weighted by molar-refractivity contribution is 0.0946. The van der Waals surface area contributed by atoms with E-state index in [0.717, 1.165) is 11.1 Å². The monoisotopic (exact) mass is 418 g/mol. The summed E-state index contributed by atoms with van der Waals surface area (Å²) in [5.74, 6) is -0.939. The third kappa shape index (κ3) is 4.65. The second-order valence-electron chi connectivity index (χ2n) is 6.15. The van der Waals surface area contributed by atoms with Gasteiger partial charge in [0.2, 0.25) is 5.95 Å². The van der Waals surface area contributed by atoms with E-state index in [1.807, 2.05) is 0 Å². The number of amides is 1. The summed E-state index contributed by atoms with van der Waals surface area (Å²) < 4.78 is 13.3. The molecule has 2 heterocycles. The number of halogens is 3. The van der Waals surface area contributed by atoms with Crippen molar-refractivity contribution >= 4 is 29.1 Å². The van der Waals surface area contributed by atoms with E-state index in [2.05, 4.69) is 15.3 Å². The van der Waals surface area contributed by atoms with Gasteiger partial charge in [0.25, 0.3) is 5.91 Å². The lowest BCUT2D eigenvalue weighted by atomic mass is 10.1. The zero-order valence-corrected chi connectivity index (χ0v) is 16.5. The van der Waals surface area contributed by atoms with Crippen molar-refractivity contribution in [3.63, 3.8) is 0 Å². The molecular formula is C20H17Cl2FN4O. The first-order valence-electron chi connectivity index (χ1n) is 8.44. The molecular weight excluding hydrogens is 402 g/mol. The summed E-state index contributed by atoms with van der Waals surface area (Å²) in [7, 11) is 0. The number of aromatic nitrogens is 2. The molecule has 0 radical (unpaired) electrons. The fraction of sp³-hybridized carbons (Fsp3) is 0.150. The molecule has 8 heteroatoms. The SMILES string of the molecule is Cc1nc(F)ccc1-c1cc(CN)cc(C(=O)NCc2ccc(Cl)c(Cl)c2)n1. The van der Waals surface area contributed by atoms with Gasteiger partial charge in [-0.3, -0.25) is 4.79 Å². The second kappa shape index (κ2) is 8.65. The number of aryl methyl sites for hydroxylation is 1. The summed E-state index contributed by atoms with van der Waals surface area (Å²) >= 11 is 11.9. The Kier molecular flexibility index (Phi) is 6.24. The number of hydrogen-bond acceptors (Lipinski definition) is 4. The van der Waals surface area contributed by atoms with Crippen LogP contribution in [0.5, 0.6) is 0 Å². The smallest absolute Gasteiger partial charge is 0.270 e. The van der Waals surface area contributed by atoms with Crippen LogP contribution in [0.2, 0.25) is 10.0 Å². The lowest BCUT2D eigenvalue weighted by Gasteiger charge is -2.11. The molecule has 5 nitrogen and oxygen atoms in total. The Morgan fingerprint density at radius 1 is 1.07 bits per heavy atom. The maximum absolute atomic E-state index is 13.3. The van der Waals surface area contributed by atoms with E-state index in [1.165, 1.54) is 6.07 Å². The summed E-state index contributed by atoms with van der Waals surface area (Å²) in [6.45, 7) is 2.17. The Bertz CT molecular complexity index is 1040. The van der Waals surface area contributed by atoms with E-state index in [0.29, 0.717) is 27.0 Å². The zero-order chi connectivity index (χ0) is 20.3. The Hall–Kier alpha value is -2.54. The van der Waals surface area contributed by atoms with E-state index in [-0.39, 0.29) is 24.7 Å². The highest BCUT2D eigenvalue weighted by atomic mass is 35.5. The lowest BCUT2D eigenvalue weighted by Crippen LogP contribution is -2.24. The summed E-state index contributed by atoms with van der Waals surface area (Å²) in [5, 5.41) is 3.66. The highest BCUT2D eigenvalue weighted by Crippen LogP contribution is 2.24. The van der Waals surface area contributed by atoms with Gasteiger partial charge in [0.15, 0.2) is 0 Å². The van der Waals surface area contributed by atoms with Crippen LogP contribution < -0.4 is 11.1 Å². The minimum Gasteiger partial charge on any atom is -0.347 e. The fourth-order valence-electron chi connectivity index (χ4n) is 2.68. The standard InChI is InChI=1S/C20H17Cl2FN4O/c1-11-14(3-5-19(23)26-11)17-7-13(9-24)8-18(27-17)20(28)25-10-12-2-4-15(21)16(22)6-12/h2-8H,9-10,24H2,1H3,(H,25,28). The van der Waals surface area contributed by atoms with E-state index in [4.69, 9.17) is 28.9 Å². The molecule has 1 amide bonds. The summed E-state index contributed by atoms with van der Waals surface area (Å²) in [5.41, 5.74) is 9.12. The summed E-state index contributed by atoms with van der Waals surface area (Å²) in [6, 6.07) is 11.4. The molecule has 3 aromatic rings. The van der Waals surface area contributed by atoms with Gasteiger partial charge in [0.1, 0.15) is 5.69 Å². The molecule has 0 aliphatic heterocycles. The van der Waals surface area contributed by atoms with Crippen molar-refractivity contribution in [2.75, 3.05) is 0 Å². The van der Waals surface area contributed by atoms with Crippen molar-refractivity contribution in [3.8, 4) is 11.3 Å². The highest BCUT2D eigenvalue weighted by molar-refractivity contribution is 6.42. The van der Waals surface area contributed by atoms with Gasteiger partial charge in [-0.15, -0.1) is 0 Å². The predicted octanol–water partition coefficient (Wildman–Crippen LogP) is 4.29. The van der Waals surface area contributed by atoms with Crippen molar-refractivity contribution in [1.29, 1.82) is 0 Å². The van der Waals surface area contributed by atoms with Crippen LogP contribution in [0.1, 0.15) is 27.3 Å². The molecule has 0 atom stereocenters. The van der Waals surface area contributed by atoms with Crippen LogP contribution in [0.25, 0.3) is 11.3 Å². The van der Waals surface area contributed by atoms with Gasteiger partial charge in [-0.2, -0.15) is 4.39 Å². The number of nitrogens with zero attached hydrogens (tertiary/aromatic N) is 2. The van der Waals surface area contributed by atoms with Crippen LogP contribution in [0.4, 0.5) is 4.39 Å². The molecule has 0 unspecified atom stereocenters.